The number of aliphatic carboxylic acids is 1. The number of piperidine rings is 1. The molecule has 102 valence electrons. The molecule has 0 bridgehead atoms. The molecule has 0 spiro atoms. The van der Waals surface area contributed by atoms with Gasteiger partial charge in [0.1, 0.15) is 0 Å². The minimum absolute atomic E-state index is 0.0932. The number of rotatable bonds is 2. The summed E-state index contributed by atoms with van der Waals surface area (Å²) in [6, 6.07) is 0.183. The lowest BCUT2D eigenvalue weighted by Crippen LogP contribution is -2.54. The molecule has 18 heavy (non-hydrogen) atoms. The van der Waals surface area contributed by atoms with E-state index in [1.807, 2.05) is 6.92 Å². The second-order valence-corrected chi connectivity index (χ2v) is 5.89. The number of hydrogen-bond acceptors (Lipinski definition) is 2. The summed E-state index contributed by atoms with van der Waals surface area (Å²) in [6.45, 7) is 5.14. The van der Waals surface area contributed by atoms with Crippen molar-refractivity contribution in [2.45, 2.75) is 39.2 Å². The van der Waals surface area contributed by atoms with Gasteiger partial charge in [0.2, 0.25) is 0 Å². The Bertz CT molecular complexity index is 345. The van der Waals surface area contributed by atoms with E-state index in [0.717, 1.165) is 6.42 Å². The zero-order valence-electron chi connectivity index (χ0n) is 11.1. The summed E-state index contributed by atoms with van der Waals surface area (Å²) in [5.41, 5.74) is 0. The van der Waals surface area contributed by atoms with Crippen molar-refractivity contribution in [1.29, 1.82) is 0 Å². The molecule has 0 aromatic rings. The smallest absolute Gasteiger partial charge is 0.317 e. The van der Waals surface area contributed by atoms with Crippen molar-refractivity contribution < 1.29 is 14.7 Å². The molecule has 4 unspecified atom stereocenters. The van der Waals surface area contributed by atoms with E-state index in [2.05, 4.69) is 12.2 Å². The molecule has 1 saturated carbocycles. The van der Waals surface area contributed by atoms with Crippen LogP contribution in [0.3, 0.4) is 0 Å². The topological polar surface area (TPSA) is 69.6 Å². The fraction of sp³-hybridized carbons (Fsp3) is 0.846. The molecule has 0 aromatic heterocycles. The Hall–Kier alpha value is -1.26. The van der Waals surface area contributed by atoms with Crippen LogP contribution in [0.5, 0.6) is 0 Å². The first-order valence-electron chi connectivity index (χ1n) is 6.75. The van der Waals surface area contributed by atoms with Crippen LogP contribution in [0.15, 0.2) is 0 Å². The molecule has 1 saturated heterocycles. The molecule has 2 fully saturated rings. The van der Waals surface area contributed by atoms with E-state index in [4.69, 9.17) is 5.11 Å². The summed E-state index contributed by atoms with van der Waals surface area (Å²) in [4.78, 5) is 24.8. The maximum atomic E-state index is 12.1. The summed E-state index contributed by atoms with van der Waals surface area (Å²) in [6.07, 6.45) is 2.87. The maximum Gasteiger partial charge on any atom is 0.317 e. The van der Waals surface area contributed by atoms with Crippen molar-refractivity contribution in [1.82, 2.24) is 10.2 Å². The van der Waals surface area contributed by atoms with Crippen LogP contribution in [0.25, 0.3) is 0 Å². The van der Waals surface area contributed by atoms with Crippen LogP contribution in [0.4, 0.5) is 4.79 Å². The van der Waals surface area contributed by atoms with Gasteiger partial charge in [-0.05, 0) is 31.1 Å². The minimum atomic E-state index is -0.795. The normalized spacial score (nSPS) is 35.8. The molecule has 1 heterocycles. The second kappa shape index (κ2) is 5.16. The molecule has 4 atom stereocenters. The number of nitrogens with one attached hydrogen (secondary N) is 1. The van der Waals surface area contributed by atoms with Crippen molar-refractivity contribution >= 4 is 12.0 Å². The molecule has 1 aliphatic carbocycles. The van der Waals surface area contributed by atoms with Gasteiger partial charge in [-0.2, -0.15) is 0 Å². The summed E-state index contributed by atoms with van der Waals surface area (Å²) >= 11 is 0. The Labute approximate surface area is 108 Å². The summed E-state index contributed by atoms with van der Waals surface area (Å²) in [5, 5.41) is 12.1. The molecule has 5 heteroatoms. The second-order valence-electron chi connectivity index (χ2n) is 5.89. The fourth-order valence-corrected chi connectivity index (χ4v) is 2.83. The third-order valence-electron chi connectivity index (χ3n) is 4.22. The van der Waals surface area contributed by atoms with Crippen LogP contribution in [0.1, 0.15) is 33.1 Å². The Morgan fingerprint density at radius 1 is 1.22 bits per heavy atom. The van der Waals surface area contributed by atoms with Gasteiger partial charge in [-0.1, -0.05) is 13.8 Å². The number of carboxylic acid groups (broad SMARTS) is 1. The zero-order valence-corrected chi connectivity index (χ0v) is 11.1. The van der Waals surface area contributed by atoms with Crippen LogP contribution in [0, 0.1) is 17.8 Å². The van der Waals surface area contributed by atoms with Crippen molar-refractivity contribution in [3.63, 3.8) is 0 Å². The quantitative estimate of drug-likeness (QED) is 0.785. The van der Waals surface area contributed by atoms with Crippen LogP contribution >= 0.6 is 0 Å². The van der Waals surface area contributed by atoms with Crippen LogP contribution in [0.2, 0.25) is 0 Å². The van der Waals surface area contributed by atoms with Crippen molar-refractivity contribution in [2.24, 2.45) is 17.8 Å². The lowest BCUT2D eigenvalue weighted by atomic mass is 9.81. The summed E-state index contributed by atoms with van der Waals surface area (Å²) in [5.74, 6) is -0.412. The standard InChI is InChI=1S/C13H22N2O3/c1-8-5-10(12(16)17)7-15(6-8)13(18)14-11-4-3-9(11)2/h8-11H,3-7H2,1-2H3,(H,14,18)(H,16,17). The van der Waals surface area contributed by atoms with Gasteiger partial charge in [0, 0.05) is 19.1 Å². The molecule has 0 aromatic carbocycles. The highest BCUT2D eigenvalue weighted by atomic mass is 16.4. The third-order valence-corrected chi connectivity index (χ3v) is 4.22. The van der Waals surface area contributed by atoms with Gasteiger partial charge in [0.05, 0.1) is 5.92 Å². The molecular weight excluding hydrogens is 232 g/mol. The fourth-order valence-electron chi connectivity index (χ4n) is 2.83. The number of nitrogens with zero attached hydrogens (tertiary/aromatic N) is 1. The van der Waals surface area contributed by atoms with Gasteiger partial charge in [0.25, 0.3) is 0 Å². The van der Waals surface area contributed by atoms with Crippen molar-refractivity contribution in [3.8, 4) is 0 Å². The minimum Gasteiger partial charge on any atom is -0.481 e. The van der Waals surface area contributed by atoms with E-state index in [1.54, 1.807) is 4.90 Å². The predicted octanol–water partition coefficient (Wildman–Crippen LogP) is 1.54. The van der Waals surface area contributed by atoms with Crippen LogP contribution in [-0.4, -0.2) is 41.1 Å². The first-order chi connectivity index (χ1) is 8.47. The number of urea groups is 1. The maximum absolute atomic E-state index is 12.1. The number of carbonyl (C=O) groups excluding carboxylic acids is 1. The zero-order chi connectivity index (χ0) is 13.3. The molecule has 2 N–H and O–H groups in total. The van der Waals surface area contributed by atoms with E-state index in [0.29, 0.717) is 25.4 Å². The van der Waals surface area contributed by atoms with Crippen molar-refractivity contribution in [3.05, 3.63) is 0 Å². The molecular formula is C13H22N2O3. The highest BCUT2D eigenvalue weighted by molar-refractivity contribution is 5.77. The third kappa shape index (κ3) is 2.76. The Balaban J connectivity index is 1.90. The Morgan fingerprint density at radius 2 is 1.94 bits per heavy atom. The average molecular weight is 254 g/mol. The van der Waals surface area contributed by atoms with Gasteiger partial charge in [-0.25, -0.2) is 4.79 Å². The van der Waals surface area contributed by atoms with E-state index in [-0.39, 0.29) is 18.0 Å². The molecule has 0 radical (unpaired) electrons. The largest absolute Gasteiger partial charge is 0.481 e. The number of hydrogen-bond donors (Lipinski definition) is 2. The Morgan fingerprint density at radius 3 is 2.44 bits per heavy atom. The highest BCUT2D eigenvalue weighted by Gasteiger charge is 2.34. The summed E-state index contributed by atoms with van der Waals surface area (Å²) in [7, 11) is 0. The molecule has 2 aliphatic rings. The van der Waals surface area contributed by atoms with Crippen molar-refractivity contribution in [2.75, 3.05) is 13.1 Å². The van der Waals surface area contributed by atoms with E-state index in [1.165, 1.54) is 6.42 Å². The number of likely N-dealkylation sites (tertiary alicyclic amines) is 1. The average Bonchev–Trinajstić information content (AvgIpc) is 2.32. The van der Waals surface area contributed by atoms with E-state index < -0.39 is 11.9 Å². The first kappa shape index (κ1) is 13.2. The van der Waals surface area contributed by atoms with Gasteiger partial charge in [0.15, 0.2) is 0 Å². The van der Waals surface area contributed by atoms with Gasteiger partial charge >= 0.3 is 12.0 Å². The first-order valence-corrected chi connectivity index (χ1v) is 6.75. The lowest BCUT2D eigenvalue weighted by molar-refractivity contribution is -0.143. The summed E-state index contributed by atoms with van der Waals surface area (Å²) < 4.78 is 0. The molecule has 5 nitrogen and oxygen atoms in total. The van der Waals surface area contributed by atoms with Crippen LogP contribution in [-0.2, 0) is 4.79 Å². The Kier molecular flexibility index (Phi) is 3.78. The molecule has 2 amide bonds. The van der Waals surface area contributed by atoms with Gasteiger partial charge < -0.3 is 15.3 Å². The highest BCUT2D eigenvalue weighted by Crippen LogP contribution is 2.27. The molecule has 2 rings (SSSR count). The van der Waals surface area contributed by atoms with Gasteiger partial charge in [-0.15, -0.1) is 0 Å². The monoisotopic (exact) mass is 254 g/mol. The van der Waals surface area contributed by atoms with E-state index >= 15 is 0 Å². The lowest BCUT2D eigenvalue weighted by Gasteiger charge is -2.39. The number of carbonyl (C=O) groups is 2. The number of amides is 2. The van der Waals surface area contributed by atoms with Gasteiger partial charge in [-0.3, -0.25) is 4.79 Å². The predicted molar refractivity (Wildman–Crippen MR) is 67.2 cm³/mol. The SMILES string of the molecule is CC1CC(C(=O)O)CN(C(=O)NC2CCC2C)C1. The van der Waals surface area contributed by atoms with Crippen LogP contribution < -0.4 is 5.32 Å². The molecule has 1 aliphatic heterocycles. The van der Waals surface area contributed by atoms with E-state index in [9.17, 15) is 9.59 Å². The number of carboxylic acids is 1.